The van der Waals surface area contributed by atoms with Crippen LogP contribution in [0, 0.1) is 0 Å². The fraction of sp³-hybridized carbons (Fsp3) is 0.214. The molecule has 1 aliphatic rings. The quantitative estimate of drug-likeness (QED) is 0.428. The number of methoxy groups -OCH3 is 2. The lowest BCUT2D eigenvalue weighted by Crippen LogP contribution is -2.48. The van der Waals surface area contributed by atoms with Gasteiger partial charge < -0.3 is 29.0 Å². The minimum atomic E-state index is -0.377. The van der Waals surface area contributed by atoms with E-state index in [2.05, 4.69) is 10.2 Å². The Labute approximate surface area is 209 Å². The highest BCUT2D eigenvalue weighted by Crippen LogP contribution is 2.33. The molecule has 0 bridgehead atoms. The van der Waals surface area contributed by atoms with Gasteiger partial charge in [-0.25, -0.2) is 0 Å². The van der Waals surface area contributed by atoms with Gasteiger partial charge in [-0.2, -0.15) is 0 Å². The zero-order chi connectivity index (χ0) is 25.1. The molecule has 8 heteroatoms. The van der Waals surface area contributed by atoms with Crippen molar-refractivity contribution >= 4 is 34.2 Å². The summed E-state index contributed by atoms with van der Waals surface area (Å²) in [7, 11) is 3.16. The molecule has 0 unspecified atom stereocenters. The summed E-state index contributed by atoms with van der Waals surface area (Å²) in [5, 5.41) is 3.58. The van der Waals surface area contributed by atoms with Crippen LogP contribution < -0.4 is 19.7 Å². The Balaban J connectivity index is 1.37. The van der Waals surface area contributed by atoms with Gasteiger partial charge in [0.2, 0.25) is 5.76 Å². The van der Waals surface area contributed by atoms with Gasteiger partial charge in [-0.1, -0.05) is 24.3 Å². The highest BCUT2D eigenvalue weighted by Gasteiger charge is 2.29. The van der Waals surface area contributed by atoms with E-state index in [1.807, 2.05) is 42.5 Å². The summed E-state index contributed by atoms with van der Waals surface area (Å²) in [6.07, 6.45) is 0. The van der Waals surface area contributed by atoms with Gasteiger partial charge in [-0.3, -0.25) is 9.59 Å². The predicted octanol–water partition coefficient (Wildman–Crippen LogP) is 4.66. The van der Waals surface area contributed by atoms with Crippen LogP contribution in [-0.4, -0.2) is 57.1 Å². The molecule has 0 saturated carbocycles. The number of nitrogens with zero attached hydrogens (tertiary/aromatic N) is 2. The molecule has 2 heterocycles. The number of nitrogens with one attached hydrogen (secondary N) is 1. The van der Waals surface area contributed by atoms with Gasteiger partial charge in [-0.15, -0.1) is 0 Å². The van der Waals surface area contributed by atoms with Crippen LogP contribution in [0.2, 0.25) is 0 Å². The van der Waals surface area contributed by atoms with Crippen LogP contribution in [0.4, 0.5) is 11.4 Å². The van der Waals surface area contributed by atoms with E-state index in [0.29, 0.717) is 54.1 Å². The second-order valence-electron chi connectivity index (χ2n) is 8.43. The molecule has 184 valence electrons. The molecule has 3 aromatic carbocycles. The molecule has 0 aliphatic carbocycles. The lowest BCUT2D eigenvalue weighted by molar-refractivity contribution is 0.0718. The van der Waals surface area contributed by atoms with E-state index in [4.69, 9.17) is 13.9 Å². The standard InChI is InChI=1S/C28H27N3O5/c1-34-20-13-11-19(12-14-20)30-15-17-31(18-16-30)28(33)26-25(21-7-3-6-10-24(21)36-26)29-27(32)22-8-4-5-9-23(22)35-2/h3-14H,15-18H2,1-2H3,(H,29,32). The monoisotopic (exact) mass is 485 g/mol. The molecule has 1 aromatic heterocycles. The first-order valence-corrected chi connectivity index (χ1v) is 11.7. The van der Waals surface area contributed by atoms with Crippen molar-refractivity contribution in [1.82, 2.24) is 4.90 Å². The SMILES string of the molecule is COc1ccc(N2CCN(C(=O)c3oc4ccccc4c3NC(=O)c3ccccc3OC)CC2)cc1. The highest BCUT2D eigenvalue weighted by atomic mass is 16.5. The number of rotatable bonds is 6. The lowest BCUT2D eigenvalue weighted by Gasteiger charge is -2.35. The number of carbonyl (C=O) groups excluding carboxylic acids is 2. The number of piperazine rings is 1. The summed E-state index contributed by atoms with van der Waals surface area (Å²) in [6.45, 7) is 2.42. The number of anilines is 2. The topological polar surface area (TPSA) is 84.3 Å². The van der Waals surface area contributed by atoms with Crippen LogP contribution in [0.5, 0.6) is 11.5 Å². The molecule has 0 radical (unpaired) electrons. The summed E-state index contributed by atoms with van der Waals surface area (Å²) >= 11 is 0. The Morgan fingerprint density at radius 3 is 2.25 bits per heavy atom. The summed E-state index contributed by atoms with van der Waals surface area (Å²) in [5.41, 5.74) is 2.35. The molecule has 2 amide bonds. The van der Waals surface area contributed by atoms with Crippen molar-refractivity contribution < 1.29 is 23.5 Å². The van der Waals surface area contributed by atoms with Crippen molar-refractivity contribution in [2.24, 2.45) is 0 Å². The fourth-order valence-corrected chi connectivity index (χ4v) is 4.44. The van der Waals surface area contributed by atoms with Crippen molar-refractivity contribution in [3.05, 3.63) is 84.1 Å². The summed E-state index contributed by atoms with van der Waals surface area (Å²) in [5.74, 6) is 0.746. The Hall–Kier alpha value is -4.46. The summed E-state index contributed by atoms with van der Waals surface area (Å²) < 4.78 is 16.6. The normalized spacial score (nSPS) is 13.5. The van der Waals surface area contributed by atoms with Gasteiger partial charge in [0.15, 0.2) is 0 Å². The Morgan fingerprint density at radius 1 is 0.833 bits per heavy atom. The smallest absolute Gasteiger partial charge is 0.291 e. The van der Waals surface area contributed by atoms with E-state index < -0.39 is 0 Å². The maximum atomic E-state index is 13.6. The molecule has 1 fully saturated rings. The first kappa shape index (κ1) is 23.3. The summed E-state index contributed by atoms with van der Waals surface area (Å²) in [6, 6.07) is 22.1. The van der Waals surface area contributed by atoms with Crippen LogP contribution in [0.15, 0.2) is 77.2 Å². The molecule has 0 atom stereocenters. The molecular weight excluding hydrogens is 458 g/mol. The molecular formula is C28H27N3O5. The Morgan fingerprint density at radius 2 is 1.53 bits per heavy atom. The molecule has 36 heavy (non-hydrogen) atoms. The number of hydrogen-bond acceptors (Lipinski definition) is 6. The van der Waals surface area contributed by atoms with Gasteiger partial charge in [0, 0.05) is 37.3 Å². The third-order valence-electron chi connectivity index (χ3n) is 6.38. The second-order valence-corrected chi connectivity index (χ2v) is 8.43. The molecule has 1 N–H and O–H groups in total. The van der Waals surface area contributed by atoms with Gasteiger partial charge in [0.05, 0.1) is 19.8 Å². The van der Waals surface area contributed by atoms with E-state index in [9.17, 15) is 9.59 Å². The minimum absolute atomic E-state index is 0.123. The maximum Gasteiger partial charge on any atom is 0.291 e. The van der Waals surface area contributed by atoms with Gasteiger partial charge in [-0.05, 0) is 48.5 Å². The number of ether oxygens (including phenoxy) is 2. The van der Waals surface area contributed by atoms with E-state index in [1.54, 1.807) is 42.3 Å². The van der Waals surface area contributed by atoms with Gasteiger partial charge >= 0.3 is 0 Å². The number of amides is 2. The van der Waals surface area contributed by atoms with Crippen molar-refractivity contribution in [2.75, 3.05) is 50.6 Å². The van der Waals surface area contributed by atoms with Crippen LogP contribution >= 0.6 is 0 Å². The van der Waals surface area contributed by atoms with Crippen LogP contribution in [-0.2, 0) is 0 Å². The zero-order valence-corrected chi connectivity index (χ0v) is 20.2. The zero-order valence-electron chi connectivity index (χ0n) is 20.2. The van der Waals surface area contributed by atoms with E-state index in [-0.39, 0.29) is 17.6 Å². The number of para-hydroxylation sites is 2. The molecule has 0 spiro atoms. The molecule has 1 aliphatic heterocycles. The molecule has 8 nitrogen and oxygen atoms in total. The van der Waals surface area contributed by atoms with Crippen LogP contribution in [0.3, 0.4) is 0 Å². The van der Waals surface area contributed by atoms with Crippen LogP contribution in [0.1, 0.15) is 20.9 Å². The van der Waals surface area contributed by atoms with Crippen molar-refractivity contribution in [1.29, 1.82) is 0 Å². The number of benzene rings is 3. The highest BCUT2D eigenvalue weighted by molar-refractivity contribution is 6.15. The molecule has 1 saturated heterocycles. The number of hydrogen-bond donors (Lipinski definition) is 1. The van der Waals surface area contributed by atoms with Crippen molar-refractivity contribution in [2.45, 2.75) is 0 Å². The van der Waals surface area contributed by atoms with Crippen molar-refractivity contribution in [3.63, 3.8) is 0 Å². The summed E-state index contributed by atoms with van der Waals surface area (Å²) in [4.78, 5) is 30.7. The predicted molar refractivity (Wildman–Crippen MR) is 138 cm³/mol. The maximum absolute atomic E-state index is 13.6. The van der Waals surface area contributed by atoms with E-state index in [0.717, 1.165) is 11.4 Å². The van der Waals surface area contributed by atoms with E-state index in [1.165, 1.54) is 7.11 Å². The Bertz CT molecular complexity index is 1390. The second kappa shape index (κ2) is 10.0. The first-order valence-electron chi connectivity index (χ1n) is 11.7. The van der Waals surface area contributed by atoms with Gasteiger partial charge in [0.25, 0.3) is 11.8 Å². The largest absolute Gasteiger partial charge is 0.497 e. The van der Waals surface area contributed by atoms with Gasteiger partial charge in [0.1, 0.15) is 22.8 Å². The fourth-order valence-electron chi connectivity index (χ4n) is 4.44. The Kier molecular flexibility index (Phi) is 6.49. The lowest BCUT2D eigenvalue weighted by atomic mass is 10.1. The average Bonchev–Trinajstić information content (AvgIpc) is 3.31. The third kappa shape index (κ3) is 4.45. The third-order valence-corrected chi connectivity index (χ3v) is 6.38. The number of carbonyl (C=O) groups is 2. The molecule has 5 rings (SSSR count). The van der Waals surface area contributed by atoms with Crippen LogP contribution in [0.25, 0.3) is 11.0 Å². The first-order chi connectivity index (χ1) is 17.6. The van der Waals surface area contributed by atoms with E-state index >= 15 is 0 Å². The number of furan rings is 1. The average molecular weight is 486 g/mol. The molecule has 4 aromatic rings. The number of fused-ring (bicyclic) bond motifs is 1. The minimum Gasteiger partial charge on any atom is -0.497 e. The van der Waals surface area contributed by atoms with Crippen molar-refractivity contribution in [3.8, 4) is 11.5 Å².